The number of nitrogens with zero attached hydrogens (tertiary/aromatic N) is 1. The first-order valence-electron chi connectivity index (χ1n) is 24.8. The van der Waals surface area contributed by atoms with Crippen LogP contribution in [-0.4, -0.2) is 75.4 Å². The van der Waals surface area contributed by atoms with E-state index in [9.17, 15) is 14.4 Å². The average Bonchev–Trinajstić information content (AvgIpc) is 3.20. The highest BCUT2D eigenvalue weighted by Gasteiger charge is 2.14. The number of hydrogen-bond donors (Lipinski definition) is 1. The van der Waals surface area contributed by atoms with Gasteiger partial charge in [-0.15, -0.1) is 0 Å². The Morgan fingerprint density at radius 1 is 0.456 bits per heavy atom. The van der Waals surface area contributed by atoms with Gasteiger partial charge >= 0.3 is 11.9 Å². The van der Waals surface area contributed by atoms with E-state index in [0.29, 0.717) is 39.0 Å². The van der Waals surface area contributed by atoms with E-state index in [2.05, 4.69) is 31.0 Å². The van der Waals surface area contributed by atoms with Crippen molar-refractivity contribution in [3.05, 3.63) is 0 Å². The highest BCUT2D eigenvalue weighted by molar-refractivity contribution is 5.75. The van der Waals surface area contributed by atoms with Crippen molar-refractivity contribution in [1.29, 1.82) is 0 Å². The molecule has 0 heterocycles. The molecule has 0 aliphatic rings. The molecule has 0 aromatic rings. The predicted molar refractivity (Wildman–Crippen MR) is 241 cm³/mol. The van der Waals surface area contributed by atoms with E-state index >= 15 is 0 Å². The van der Waals surface area contributed by atoms with Crippen LogP contribution < -0.4 is 5.32 Å². The molecule has 0 atom stereocenters. The van der Waals surface area contributed by atoms with Crippen molar-refractivity contribution in [2.24, 2.45) is 0 Å². The molecule has 0 spiro atoms. The smallest absolute Gasteiger partial charge is 0.306 e. The number of esters is 2. The molecule has 0 aromatic heterocycles. The van der Waals surface area contributed by atoms with Gasteiger partial charge in [0.2, 0.25) is 5.91 Å². The molecule has 1 amide bonds. The van der Waals surface area contributed by atoms with Gasteiger partial charge in [0.05, 0.1) is 13.2 Å². The highest BCUT2D eigenvalue weighted by Crippen LogP contribution is 2.19. The number of hydrogen-bond acceptors (Lipinski definition) is 7. The van der Waals surface area contributed by atoms with Crippen LogP contribution in [0.4, 0.5) is 0 Å². The van der Waals surface area contributed by atoms with Gasteiger partial charge in [0, 0.05) is 32.9 Å². The zero-order valence-electron chi connectivity index (χ0n) is 38.5. The lowest BCUT2D eigenvalue weighted by atomic mass is 10.0. The molecular weight excluding hydrogens is 713 g/mol. The summed E-state index contributed by atoms with van der Waals surface area (Å²) < 4.78 is 16.5. The second-order valence-corrected chi connectivity index (χ2v) is 16.9. The van der Waals surface area contributed by atoms with Crippen molar-refractivity contribution in [3.8, 4) is 0 Å². The maximum absolute atomic E-state index is 12.8. The summed E-state index contributed by atoms with van der Waals surface area (Å²) in [6, 6.07) is 0. The Bertz CT molecular complexity index is 855. The van der Waals surface area contributed by atoms with Gasteiger partial charge in [0.25, 0.3) is 0 Å². The molecule has 8 nitrogen and oxygen atoms in total. The molecule has 0 unspecified atom stereocenters. The molecule has 0 bridgehead atoms. The summed E-state index contributed by atoms with van der Waals surface area (Å²) in [5, 5.41) is 3.03. The number of nitrogens with one attached hydrogen (secondary N) is 1. The molecule has 0 rings (SSSR count). The molecule has 1 N–H and O–H groups in total. The third kappa shape index (κ3) is 42.3. The van der Waals surface area contributed by atoms with Crippen molar-refractivity contribution in [2.75, 3.05) is 46.5 Å². The van der Waals surface area contributed by atoms with E-state index in [0.717, 1.165) is 103 Å². The number of carbonyl (C=O) groups is 3. The van der Waals surface area contributed by atoms with Crippen LogP contribution in [-0.2, 0) is 28.6 Å². The van der Waals surface area contributed by atoms with E-state index in [1.807, 2.05) is 0 Å². The Balaban J connectivity index is 4.38. The largest absolute Gasteiger partial charge is 0.466 e. The predicted octanol–water partition coefficient (Wildman–Crippen LogP) is 13.2. The number of amides is 1. The molecule has 0 saturated carbocycles. The quantitative estimate of drug-likeness (QED) is 0.0483. The fourth-order valence-corrected chi connectivity index (χ4v) is 7.55. The van der Waals surface area contributed by atoms with E-state index in [4.69, 9.17) is 14.2 Å². The number of ether oxygens (including phenoxy) is 3. The molecule has 0 aliphatic heterocycles. The van der Waals surface area contributed by atoms with Gasteiger partial charge in [-0.1, -0.05) is 162 Å². The first-order valence-corrected chi connectivity index (χ1v) is 24.8. The van der Waals surface area contributed by atoms with Gasteiger partial charge in [0.1, 0.15) is 6.10 Å². The van der Waals surface area contributed by atoms with Crippen LogP contribution in [0.25, 0.3) is 0 Å². The van der Waals surface area contributed by atoms with Crippen molar-refractivity contribution in [3.63, 3.8) is 0 Å². The summed E-state index contributed by atoms with van der Waals surface area (Å²) in [5.74, 6) is 0.0314. The molecule has 0 fully saturated rings. The van der Waals surface area contributed by atoms with Crippen LogP contribution in [0.3, 0.4) is 0 Å². The summed E-state index contributed by atoms with van der Waals surface area (Å²) in [6.07, 6.45) is 39.5. The lowest BCUT2D eigenvalue weighted by molar-refractivity contribution is -0.150. The maximum atomic E-state index is 12.8. The molecule has 8 heteroatoms. The Kier molecular flexibility index (Phi) is 44.1. The number of unbranched alkanes of at least 4 members (excludes halogenated alkanes) is 24. The first kappa shape index (κ1) is 55.3. The zero-order valence-corrected chi connectivity index (χ0v) is 38.5. The second-order valence-electron chi connectivity index (χ2n) is 16.9. The summed E-state index contributed by atoms with van der Waals surface area (Å²) in [5.41, 5.74) is 0. The monoisotopic (exact) mass is 809 g/mol. The van der Waals surface area contributed by atoms with Gasteiger partial charge in [-0.2, -0.15) is 0 Å². The van der Waals surface area contributed by atoms with Crippen LogP contribution in [0.1, 0.15) is 245 Å². The van der Waals surface area contributed by atoms with Crippen molar-refractivity contribution < 1.29 is 28.6 Å². The number of rotatable bonds is 46. The third-order valence-electron chi connectivity index (χ3n) is 11.3. The summed E-state index contributed by atoms with van der Waals surface area (Å²) in [6.45, 7) is 11.6. The lowest BCUT2D eigenvalue weighted by Crippen LogP contribution is -2.31. The zero-order chi connectivity index (χ0) is 41.7. The molecule has 0 aliphatic carbocycles. The SMILES string of the molecule is CCCCCCCCCOC(=O)CCCCCCCN(CCCCCCCC(=O)OC(CCCCCCCC)CCCCCCCC)CCCNC(=O)CCOC. The standard InChI is InChI=1S/C49H96N2O6/c1-5-8-11-14-17-26-33-44-56-48(53)37-29-22-18-24-31-41-51(43-34-40-50-47(52)39-45-55-4)42-32-25-19-23-30-38-49(54)57-46(35-27-20-15-12-9-6-2)36-28-21-16-13-10-7-3/h46H,5-45H2,1-4H3,(H,50,52). The fourth-order valence-electron chi connectivity index (χ4n) is 7.55. The molecular formula is C49H96N2O6. The van der Waals surface area contributed by atoms with Gasteiger partial charge in [-0.05, 0) is 83.8 Å². The number of carbonyl (C=O) groups excluding carboxylic acids is 3. The Morgan fingerprint density at radius 2 is 0.877 bits per heavy atom. The normalized spacial score (nSPS) is 11.5. The molecule has 338 valence electrons. The number of methoxy groups -OCH3 is 1. The minimum atomic E-state index is -0.0346. The minimum absolute atomic E-state index is 0.0104. The van der Waals surface area contributed by atoms with Crippen LogP contribution in [0.5, 0.6) is 0 Å². The van der Waals surface area contributed by atoms with E-state index in [1.54, 1.807) is 7.11 Å². The summed E-state index contributed by atoms with van der Waals surface area (Å²) in [7, 11) is 1.62. The highest BCUT2D eigenvalue weighted by atomic mass is 16.5. The third-order valence-corrected chi connectivity index (χ3v) is 11.3. The Hall–Kier alpha value is -1.67. The van der Waals surface area contributed by atoms with Gasteiger partial charge in [0.15, 0.2) is 0 Å². The van der Waals surface area contributed by atoms with Crippen molar-refractivity contribution >= 4 is 17.8 Å². The van der Waals surface area contributed by atoms with Gasteiger partial charge < -0.3 is 24.4 Å². The Labute approximate surface area is 353 Å². The van der Waals surface area contributed by atoms with E-state index < -0.39 is 0 Å². The fraction of sp³-hybridized carbons (Fsp3) is 0.939. The Morgan fingerprint density at radius 3 is 1.39 bits per heavy atom. The second kappa shape index (κ2) is 45.4. The average molecular weight is 809 g/mol. The van der Waals surface area contributed by atoms with Gasteiger partial charge in [-0.3, -0.25) is 14.4 Å². The topological polar surface area (TPSA) is 94.2 Å². The van der Waals surface area contributed by atoms with Crippen molar-refractivity contribution in [2.45, 2.75) is 252 Å². The lowest BCUT2D eigenvalue weighted by Gasteiger charge is -2.22. The molecule has 0 aromatic carbocycles. The van der Waals surface area contributed by atoms with Crippen LogP contribution in [0, 0.1) is 0 Å². The van der Waals surface area contributed by atoms with Crippen molar-refractivity contribution in [1.82, 2.24) is 10.2 Å². The maximum Gasteiger partial charge on any atom is 0.306 e. The van der Waals surface area contributed by atoms with Gasteiger partial charge in [-0.25, -0.2) is 0 Å². The molecule has 57 heavy (non-hydrogen) atoms. The van der Waals surface area contributed by atoms with Crippen LogP contribution in [0.15, 0.2) is 0 Å². The molecule has 0 saturated heterocycles. The van der Waals surface area contributed by atoms with E-state index in [1.165, 1.54) is 122 Å². The molecule has 0 radical (unpaired) electrons. The van der Waals surface area contributed by atoms with Crippen LogP contribution >= 0.6 is 0 Å². The van der Waals surface area contributed by atoms with Crippen LogP contribution in [0.2, 0.25) is 0 Å². The van der Waals surface area contributed by atoms with E-state index in [-0.39, 0.29) is 23.9 Å². The first-order chi connectivity index (χ1) is 28.0. The summed E-state index contributed by atoms with van der Waals surface area (Å²) >= 11 is 0. The summed E-state index contributed by atoms with van der Waals surface area (Å²) in [4.78, 5) is 39.5. The minimum Gasteiger partial charge on any atom is -0.466 e.